The van der Waals surface area contributed by atoms with Gasteiger partial charge in [0.05, 0.1) is 11.0 Å². The van der Waals surface area contributed by atoms with Gasteiger partial charge in [-0.3, -0.25) is 4.79 Å². The van der Waals surface area contributed by atoms with E-state index in [0.717, 1.165) is 29.8 Å². The maximum atomic E-state index is 12.1. The number of rotatable bonds is 4. The van der Waals surface area contributed by atoms with Crippen molar-refractivity contribution in [2.45, 2.75) is 32.4 Å². The first kappa shape index (κ1) is 13.1. The van der Waals surface area contributed by atoms with Gasteiger partial charge < -0.3 is 15.2 Å². The SMILES string of the molecule is Cc1nc2ccccc2n1CC(=O)NCC1CCCN1. The Morgan fingerprint density at radius 1 is 1.50 bits per heavy atom. The molecule has 1 unspecified atom stereocenters. The predicted molar refractivity (Wildman–Crippen MR) is 78.5 cm³/mol. The van der Waals surface area contributed by atoms with Gasteiger partial charge in [-0.05, 0) is 38.4 Å². The summed E-state index contributed by atoms with van der Waals surface area (Å²) in [5.74, 6) is 0.922. The summed E-state index contributed by atoms with van der Waals surface area (Å²) in [5.41, 5.74) is 1.95. The van der Waals surface area contributed by atoms with E-state index >= 15 is 0 Å². The third-order valence-corrected chi connectivity index (χ3v) is 3.86. The Labute approximate surface area is 118 Å². The molecule has 2 heterocycles. The van der Waals surface area contributed by atoms with Gasteiger partial charge in [-0.15, -0.1) is 0 Å². The molecule has 0 aliphatic carbocycles. The first-order valence-corrected chi connectivity index (χ1v) is 7.16. The monoisotopic (exact) mass is 272 g/mol. The van der Waals surface area contributed by atoms with Crippen LogP contribution in [0.2, 0.25) is 0 Å². The van der Waals surface area contributed by atoms with E-state index in [1.54, 1.807) is 0 Å². The summed E-state index contributed by atoms with van der Waals surface area (Å²) in [6.45, 7) is 4.04. The van der Waals surface area contributed by atoms with E-state index in [9.17, 15) is 4.79 Å². The summed E-state index contributed by atoms with van der Waals surface area (Å²) in [4.78, 5) is 16.5. The molecule has 1 atom stereocenters. The van der Waals surface area contributed by atoms with Crippen LogP contribution in [0.1, 0.15) is 18.7 Å². The maximum absolute atomic E-state index is 12.1. The average molecular weight is 272 g/mol. The lowest BCUT2D eigenvalue weighted by molar-refractivity contribution is -0.121. The molecule has 1 aliphatic rings. The normalized spacial score (nSPS) is 18.6. The second kappa shape index (κ2) is 5.63. The summed E-state index contributed by atoms with van der Waals surface area (Å²) in [5, 5.41) is 6.38. The molecule has 1 saturated heterocycles. The Kier molecular flexibility index (Phi) is 3.69. The van der Waals surface area contributed by atoms with Crippen molar-refractivity contribution in [3.8, 4) is 0 Å². The van der Waals surface area contributed by atoms with Crippen molar-refractivity contribution in [1.29, 1.82) is 0 Å². The van der Waals surface area contributed by atoms with E-state index in [2.05, 4.69) is 15.6 Å². The van der Waals surface area contributed by atoms with Gasteiger partial charge in [0.1, 0.15) is 12.4 Å². The number of fused-ring (bicyclic) bond motifs is 1. The third kappa shape index (κ3) is 2.67. The molecule has 20 heavy (non-hydrogen) atoms. The number of carbonyl (C=O) groups is 1. The molecule has 106 valence electrons. The number of nitrogens with one attached hydrogen (secondary N) is 2. The molecule has 5 nitrogen and oxygen atoms in total. The van der Waals surface area contributed by atoms with Crippen molar-refractivity contribution in [3.05, 3.63) is 30.1 Å². The number of hydrogen-bond donors (Lipinski definition) is 2. The summed E-state index contributed by atoms with van der Waals surface area (Å²) < 4.78 is 1.97. The van der Waals surface area contributed by atoms with Gasteiger partial charge in [0, 0.05) is 12.6 Å². The minimum atomic E-state index is 0.0463. The van der Waals surface area contributed by atoms with E-state index < -0.39 is 0 Å². The second-order valence-corrected chi connectivity index (χ2v) is 5.33. The largest absolute Gasteiger partial charge is 0.353 e. The molecule has 3 rings (SSSR count). The first-order chi connectivity index (χ1) is 9.74. The fraction of sp³-hybridized carbons (Fsp3) is 0.467. The number of hydrogen-bond acceptors (Lipinski definition) is 3. The summed E-state index contributed by atoms with van der Waals surface area (Å²) in [6.07, 6.45) is 2.35. The number of aromatic nitrogens is 2. The first-order valence-electron chi connectivity index (χ1n) is 7.16. The molecule has 1 aromatic heterocycles. The van der Waals surface area contributed by atoms with Gasteiger partial charge >= 0.3 is 0 Å². The number of benzene rings is 1. The highest BCUT2D eigenvalue weighted by Gasteiger charge is 2.15. The zero-order valence-electron chi connectivity index (χ0n) is 11.7. The fourth-order valence-corrected chi connectivity index (χ4v) is 2.76. The van der Waals surface area contributed by atoms with Crippen LogP contribution in [0.3, 0.4) is 0 Å². The molecule has 5 heteroatoms. The van der Waals surface area contributed by atoms with Gasteiger partial charge in [-0.1, -0.05) is 12.1 Å². The molecule has 1 amide bonds. The molecule has 0 bridgehead atoms. The topological polar surface area (TPSA) is 59.0 Å². The van der Waals surface area contributed by atoms with Crippen molar-refractivity contribution in [3.63, 3.8) is 0 Å². The van der Waals surface area contributed by atoms with Crippen molar-refractivity contribution < 1.29 is 4.79 Å². The number of aryl methyl sites for hydroxylation is 1. The maximum Gasteiger partial charge on any atom is 0.240 e. The lowest BCUT2D eigenvalue weighted by atomic mass is 10.2. The van der Waals surface area contributed by atoms with E-state index in [1.165, 1.54) is 6.42 Å². The van der Waals surface area contributed by atoms with E-state index in [1.807, 2.05) is 35.8 Å². The summed E-state index contributed by atoms with van der Waals surface area (Å²) in [7, 11) is 0. The van der Waals surface area contributed by atoms with Gasteiger partial charge in [0.2, 0.25) is 5.91 Å². The summed E-state index contributed by atoms with van der Waals surface area (Å²) in [6, 6.07) is 8.34. The Morgan fingerprint density at radius 2 is 2.35 bits per heavy atom. The highest BCUT2D eigenvalue weighted by Crippen LogP contribution is 2.15. The van der Waals surface area contributed by atoms with Gasteiger partial charge in [-0.25, -0.2) is 4.98 Å². The second-order valence-electron chi connectivity index (χ2n) is 5.33. The van der Waals surface area contributed by atoms with Crippen LogP contribution in [0, 0.1) is 6.92 Å². The Balaban J connectivity index is 1.66. The van der Waals surface area contributed by atoms with Crippen LogP contribution in [0.5, 0.6) is 0 Å². The quantitative estimate of drug-likeness (QED) is 0.879. The van der Waals surface area contributed by atoms with Crippen LogP contribution < -0.4 is 10.6 Å². The number of amides is 1. The molecular formula is C15H20N4O. The predicted octanol–water partition coefficient (Wildman–Crippen LogP) is 1.21. The van der Waals surface area contributed by atoms with Gasteiger partial charge in [0.15, 0.2) is 0 Å². The molecule has 0 spiro atoms. The zero-order valence-corrected chi connectivity index (χ0v) is 11.7. The molecule has 1 fully saturated rings. The highest BCUT2D eigenvalue weighted by atomic mass is 16.1. The smallest absolute Gasteiger partial charge is 0.240 e. The van der Waals surface area contributed by atoms with Gasteiger partial charge in [-0.2, -0.15) is 0 Å². The van der Waals surface area contributed by atoms with Crippen molar-refractivity contribution in [2.75, 3.05) is 13.1 Å². The zero-order chi connectivity index (χ0) is 13.9. The van der Waals surface area contributed by atoms with Crippen molar-refractivity contribution >= 4 is 16.9 Å². The van der Waals surface area contributed by atoms with E-state index in [4.69, 9.17) is 0 Å². The Hall–Kier alpha value is -1.88. The van der Waals surface area contributed by atoms with Crippen molar-refractivity contribution in [2.24, 2.45) is 0 Å². The van der Waals surface area contributed by atoms with Crippen LogP contribution in [0.15, 0.2) is 24.3 Å². The Bertz CT molecular complexity index is 613. The molecule has 1 aliphatic heterocycles. The minimum absolute atomic E-state index is 0.0463. The number of nitrogens with zero attached hydrogens (tertiary/aromatic N) is 2. The van der Waals surface area contributed by atoms with Crippen LogP contribution in [-0.2, 0) is 11.3 Å². The molecular weight excluding hydrogens is 252 g/mol. The molecule has 0 saturated carbocycles. The molecule has 2 aromatic rings. The lowest BCUT2D eigenvalue weighted by Gasteiger charge is -2.12. The number of imidazole rings is 1. The lowest BCUT2D eigenvalue weighted by Crippen LogP contribution is -2.38. The Morgan fingerprint density at radius 3 is 3.15 bits per heavy atom. The number of carbonyl (C=O) groups excluding carboxylic acids is 1. The minimum Gasteiger partial charge on any atom is -0.353 e. The van der Waals surface area contributed by atoms with E-state index in [0.29, 0.717) is 19.1 Å². The fourth-order valence-electron chi connectivity index (χ4n) is 2.76. The van der Waals surface area contributed by atoms with Gasteiger partial charge in [0.25, 0.3) is 0 Å². The molecule has 0 radical (unpaired) electrons. The standard InChI is InChI=1S/C15H20N4O/c1-11-18-13-6-2-3-7-14(13)19(11)10-15(20)17-9-12-5-4-8-16-12/h2-3,6-7,12,16H,4-5,8-10H2,1H3,(H,17,20). The average Bonchev–Trinajstić information content (AvgIpc) is 3.06. The van der Waals surface area contributed by atoms with Crippen LogP contribution in [0.25, 0.3) is 11.0 Å². The molecule has 2 N–H and O–H groups in total. The highest BCUT2D eigenvalue weighted by molar-refractivity contribution is 5.81. The van der Waals surface area contributed by atoms with Crippen LogP contribution in [-0.4, -0.2) is 34.6 Å². The van der Waals surface area contributed by atoms with Crippen LogP contribution in [0.4, 0.5) is 0 Å². The molecule has 1 aromatic carbocycles. The van der Waals surface area contributed by atoms with Crippen molar-refractivity contribution in [1.82, 2.24) is 20.2 Å². The summed E-state index contributed by atoms with van der Waals surface area (Å²) >= 11 is 0. The third-order valence-electron chi connectivity index (χ3n) is 3.86. The van der Waals surface area contributed by atoms with E-state index in [-0.39, 0.29) is 5.91 Å². The number of para-hydroxylation sites is 2. The van der Waals surface area contributed by atoms with Crippen LogP contribution >= 0.6 is 0 Å².